The Morgan fingerprint density at radius 3 is 2.71 bits per heavy atom. The maximum atomic E-state index is 13.3. The number of aromatic nitrogens is 2. The Bertz CT molecular complexity index is 1020. The SMILES string of the molecule is O=C(CCn1cccn1)N1CC[C@H]2[C@@H](C1)[C@H](c1ccsc1)CN2C(=O)c1ccccc1. The van der Waals surface area contributed by atoms with Crippen molar-refractivity contribution in [2.24, 2.45) is 5.92 Å². The van der Waals surface area contributed by atoms with E-state index in [1.54, 1.807) is 22.2 Å². The summed E-state index contributed by atoms with van der Waals surface area (Å²) in [4.78, 5) is 30.3. The Kier molecular flexibility index (Phi) is 5.59. The summed E-state index contributed by atoms with van der Waals surface area (Å²) in [5.41, 5.74) is 2.03. The maximum Gasteiger partial charge on any atom is 0.254 e. The van der Waals surface area contributed by atoms with Crippen LogP contribution in [0.15, 0.2) is 65.6 Å². The quantitative estimate of drug-likeness (QED) is 0.618. The molecule has 0 spiro atoms. The van der Waals surface area contributed by atoms with Crippen molar-refractivity contribution < 1.29 is 9.59 Å². The summed E-state index contributed by atoms with van der Waals surface area (Å²) < 4.78 is 1.80. The summed E-state index contributed by atoms with van der Waals surface area (Å²) in [6.45, 7) is 2.73. The summed E-state index contributed by atoms with van der Waals surface area (Å²) in [6, 6.07) is 13.8. The van der Waals surface area contributed by atoms with E-state index < -0.39 is 0 Å². The van der Waals surface area contributed by atoms with E-state index in [9.17, 15) is 9.59 Å². The van der Waals surface area contributed by atoms with Crippen LogP contribution in [0.4, 0.5) is 0 Å². The largest absolute Gasteiger partial charge is 0.342 e. The molecule has 2 aromatic heterocycles. The molecular formula is C24H26N4O2S. The zero-order valence-corrected chi connectivity index (χ0v) is 18.2. The van der Waals surface area contributed by atoms with Gasteiger partial charge in [-0.3, -0.25) is 14.3 Å². The maximum absolute atomic E-state index is 13.3. The molecule has 6 nitrogen and oxygen atoms in total. The predicted molar refractivity (Wildman–Crippen MR) is 120 cm³/mol. The van der Waals surface area contributed by atoms with Gasteiger partial charge >= 0.3 is 0 Å². The molecule has 5 rings (SSSR count). The fourth-order valence-electron chi connectivity index (χ4n) is 5.08. The molecule has 2 aliphatic heterocycles. The van der Waals surface area contributed by atoms with Crippen molar-refractivity contribution in [3.63, 3.8) is 0 Å². The highest BCUT2D eigenvalue weighted by Gasteiger charge is 2.47. The number of carbonyl (C=O) groups is 2. The monoisotopic (exact) mass is 434 g/mol. The first-order valence-electron chi connectivity index (χ1n) is 10.8. The Morgan fingerprint density at radius 1 is 1.10 bits per heavy atom. The van der Waals surface area contributed by atoms with Gasteiger partial charge in [0.2, 0.25) is 5.91 Å². The molecule has 160 valence electrons. The Hall–Kier alpha value is -2.93. The Morgan fingerprint density at radius 2 is 1.97 bits per heavy atom. The molecule has 2 aliphatic rings. The summed E-state index contributed by atoms with van der Waals surface area (Å²) in [6.07, 6.45) is 4.90. The zero-order valence-electron chi connectivity index (χ0n) is 17.3. The van der Waals surface area contributed by atoms with Gasteiger partial charge in [0, 0.05) is 68.4 Å². The van der Waals surface area contributed by atoms with Gasteiger partial charge in [-0.1, -0.05) is 18.2 Å². The van der Waals surface area contributed by atoms with Crippen LogP contribution in [-0.2, 0) is 11.3 Å². The number of rotatable bonds is 5. The Labute approximate surface area is 186 Å². The van der Waals surface area contributed by atoms with Gasteiger partial charge in [-0.15, -0.1) is 0 Å². The van der Waals surface area contributed by atoms with E-state index in [0.717, 1.165) is 18.5 Å². The van der Waals surface area contributed by atoms with E-state index in [-0.39, 0.29) is 29.7 Å². The van der Waals surface area contributed by atoms with Crippen molar-refractivity contribution in [3.8, 4) is 0 Å². The second-order valence-electron chi connectivity index (χ2n) is 8.37. The highest BCUT2D eigenvalue weighted by atomic mass is 32.1. The lowest BCUT2D eigenvalue weighted by molar-refractivity contribution is -0.133. The molecule has 2 fully saturated rings. The van der Waals surface area contributed by atoms with Crippen molar-refractivity contribution in [2.45, 2.75) is 31.3 Å². The number of hydrogen-bond acceptors (Lipinski definition) is 4. The number of carbonyl (C=O) groups excluding carboxylic acids is 2. The molecular weight excluding hydrogens is 408 g/mol. The van der Waals surface area contributed by atoms with Crippen LogP contribution in [-0.4, -0.2) is 57.1 Å². The number of benzene rings is 1. The van der Waals surface area contributed by atoms with Crippen molar-refractivity contribution >= 4 is 23.2 Å². The molecule has 0 bridgehead atoms. The summed E-state index contributed by atoms with van der Waals surface area (Å²) in [5.74, 6) is 0.813. The highest BCUT2D eigenvalue weighted by molar-refractivity contribution is 7.08. The molecule has 1 aromatic carbocycles. The third-order valence-electron chi connectivity index (χ3n) is 6.65. The van der Waals surface area contributed by atoms with Gasteiger partial charge in [0.05, 0.1) is 0 Å². The number of piperidine rings is 1. The molecule has 0 N–H and O–H groups in total. The number of hydrogen-bond donors (Lipinski definition) is 0. The second kappa shape index (κ2) is 8.67. The standard InChI is InChI=1S/C24H26N4O2S/c29-23(8-13-27-11-4-10-25-27)26-12-7-22-21(15-26)20(19-9-14-31-17-19)16-28(22)24(30)18-5-2-1-3-6-18/h1-6,9-11,14,17,20-22H,7-8,12-13,15-16H2/t20-,21-,22-/m0/s1. The summed E-state index contributed by atoms with van der Waals surface area (Å²) in [5, 5.41) is 8.48. The van der Waals surface area contributed by atoms with Gasteiger partial charge in [-0.05, 0) is 47.0 Å². The van der Waals surface area contributed by atoms with Gasteiger partial charge in [0.15, 0.2) is 0 Å². The lowest BCUT2D eigenvalue weighted by Crippen LogP contribution is -2.49. The average molecular weight is 435 g/mol. The normalized spacial score (nSPS) is 23.0. The fourth-order valence-corrected chi connectivity index (χ4v) is 5.81. The second-order valence-corrected chi connectivity index (χ2v) is 9.15. The molecule has 2 saturated heterocycles. The zero-order chi connectivity index (χ0) is 21.2. The smallest absolute Gasteiger partial charge is 0.254 e. The van der Waals surface area contributed by atoms with Crippen LogP contribution in [0.1, 0.15) is 34.7 Å². The minimum Gasteiger partial charge on any atom is -0.342 e. The molecule has 0 aliphatic carbocycles. The summed E-state index contributed by atoms with van der Waals surface area (Å²) in [7, 11) is 0. The van der Waals surface area contributed by atoms with Crippen LogP contribution >= 0.6 is 11.3 Å². The minimum atomic E-state index is 0.104. The number of aryl methyl sites for hydroxylation is 1. The van der Waals surface area contributed by atoms with Gasteiger partial charge in [0.25, 0.3) is 5.91 Å². The predicted octanol–water partition coefficient (Wildman–Crippen LogP) is 3.49. The number of fused-ring (bicyclic) bond motifs is 1. The van der Waals surface area contributed by atoms with Gasteiger partial charge in [0.1, 0.15) is 0 Å². The molecule has 3 aromatic rings. The fraction of sp³-hybridized carbons (Fsp3) is 0.375. The number of amides is 2. The lowest BCUT2D eigenvalue weighted by Gasteiger charge is -2.39. The molecule has 7 heteroatoms. The number of thiophene rings is 1. The first kappa shape index (κ1) is 20.0. The van der Waals surface area contributed by atoms with Crippen molar-refractivity contribution in [1.29, 1.82) is 0 Å². The van der Waals surface area contributed by atoms with Crippen molar-refractivity contribution in [1.82, 2.24) is 19.6 Å². The van der Waals surface area contributed by atoms with E-state index in [4.69, 9.17) is 0 Å². The third kappa shape index (κ3) is 4.02. The van der Waals surface area contributed by atoms with E-state index >= 15 is 0 Å². The molecule has 0 saturated carbocycles. The third-order valence-corrected chi connectivity index (χ3v) is 7.35. The summed E-state index contributed by atoms with van der Waals surface area (Å²) >= 11 is 1.69. The van der Waals surface area contributed by atoms with Crippen molar-refractivity contribution in [2.75, 3.05) is 19.6 Å². The van der Waals surface area contributed by atoms with Crippen LogP contribution < -0.4 is 0 Å². The van der Waals surface area contributed by atoms with Crippen LogP contribution in [0.2, 0.25) is 0 Å². The van der Waals surface area contributed by atoms with Crippen molar-refractivity contribution in [3.05, 3.63) is 76.7 Å². The lowest BCUT2D eigenvalue weighted by atomic mass is 9.82. The average Bonchev–Trinajstić information content (AvgIpc) is 3.58. The van der Waals surface area contributed by atoms with E-state index in [2.05, 4.69) is 26.8 Å². The van der Waals surface area contributed by atoms with Crippen LogP contribution in [0.3, 0.4) is 0 Å². The van der Waals surface area contributed by atoms with Gasteiger partial charge < -0.3 is 9.80 Å². The van der Waals surface area contributed by atoms with Gasteiger partial charge in [-0.2, -0.15) is 16.4 Å². The number of likely N-dealkylation sites (tertiary alicyclic amines) is 2. The molecule has 2 amide bonds. The molecule has 4 heterocycles. The van der Waals surface area contributed by atoms with E-state index in [1.807, 2.05) is 47.5 Å². The van der Waals surface area contributed by atoms with Gasteiger partial charge in [-0.25, -0.2) is 0 Å². The first-order chi connectivity index (χ1) is 15.2. The van der Waals surface area contributed by atoms with Crippen LogP contribution in [0.5, 0.6) is 0 Å². The van der Waals surface area contributed by atoms with Crippen LogP contribution in [0, 0.1) is 5.92 Å². The molecule has 0 radical (unpaired) electrons. The molecule has 3 atom stereocenters. The first-order valence-corrected chi connectivity index (χ1v) is 11.8. The number of nitrogens with zero attached hydrogens (tertiary/aromatic N) is 4. The molecule has 31 heavy (non-hydrogen) atoms. The van der Waals surface area contributed by atoms with Crippen LogP contribution in [0.25, 0.3) is 0 Å². The van der Waals surface area contributed by atoms with E-state index in [1.165, 1.54) is 5.56 Å². The van der Waals surface area contributed by atoms with E-state index in [0.29, 0.717) is 26.1 Å². The highest BCUT2D eigenvalue weighted by Crippen LogP contribution is 2.42. The topological polar surface area (TPSA) is 58.4 Å². The Balaban J connectivity index is 1.33. The minimum absolute atomic E-state index is 0.104. The molecule has 0 unspecified atom stereocenters.